The molecular formula is C12H19N3O3. The minimum Gasteiger partial charge on any atom is -0.450 e. The molecule has 0 bridgehead atoms. The summed E-state index contributed by atoms with van der Waals surface area (Å²) in [5.74, 6) is 0. The van der Waals surface area contributed by atoms with Gasteiger partial charge in [0.2, 0.25) is 0 Å². The molecule has 1 aliphatic rings. The number of amides is 1. The number of carbonyl (C=O) groups excluding carboxylic acids is 1. The Morgan fingerprint density at radius 1 is 1.67 bits per heavy atom. The van der Waals surface area contributed by atoms with Crippen molar-refractivity contribution in [1.82, 2.24) is 9.78 Å². The minimum atomic E-state index is -0.453. The maximum Gasteiger partial charge on any atom is 0.411 e. The summed E-state index contributed by atoms with van der Waals surface area (Å²) in [6.45, 7) is 3.68. The van der Waals surface area contributed by atoms with E-state index in [0.717, 1.165) is 26.0 Å². The monoisotopic (exact) mass is 253 g/mol. The Bertz CT molecular complexity index is 386. The van der Waals surface area contributed by atoms with Crippen molar-refractivity contribution in [2.24, 2.45) is 0 Å². The quantitative estimate of drug-likeness (QED) is 0.891. The summed E-state index contributed by atoms with van der Waals surface area (Å²) in [5.41, 5.74) is 0.643. The Morgan fingerprint density at radius 3 is 3.28 bits per heavy atom. The summed E-state index contributed by atoms with van der Waals surface area (Å²) in [6.07, 6.45) is 6.60. The van der Waals surface area contributed by atoms with Crippen molar-refractivity contribution >= 4 is 11.8 Å². The standard InChI is InChI=1S/C12H19N3O3/c1-2-17-12(16)14-10-7-13-15(8-10)9-11-5-3-4-6-18-11/h7-8,11H,2-6,9H2,1H3,(H,14,16)/t11-/m0/s1. The average molecular weight is 253 g/mol. The average Bonchev–Trinajstić information content (AvgIpc) is 2.78. The van der Waals surface area contributed by atoms with Crippen LogP contribution in [-0.2, 0) is 16.0 Å². The topological polar surface area (TPSA) is 65.4 Å². The van der Waals surface area contributed by atoms with Crippen LogP contribution in [0.5, 0.6) is 0 Å². The molecule has 1 aromatic heterocycles. The van der Waals surface area contributed by atoms with Crippen molar-refractivity contribution < 1.29 is 14.3 Å². The smallest absolute Gasteiger partial charge is 0.411 e. The lowest BCUT2D eigenvalue weighted by Crippen LogP contribution is -2.24. The van der Waals surface area contributed by atoms with E-state index in [1.54, 1.807) is 24.0 Å². The second-order valence-corrected chi connectivity index (χ2v) is 4.29. The predicted octanol–water partition coefficient (Wildman–Crippen LogP) is 2.02. The number of hydrogen-bond donors (Lipinski definition) is 1. The van der Waals surface area contributed by atoms with Gasteiger partial charge in [-0.3, -0.25) is 10.00 Å². The highest BCUT2D eigenvalue weighted by Crippen LogP contribution is 2.15. The van der Waals surface area contributed by atoms with Gasteiger partial charge < -0.3 is 9.47 Å². The first-order valence-corrected chi connectivity index (χ1v) is 6.35. The van der Waals surface area contributed by atoms with E-state index in [-0.39, 0.29) is 6.10 Å². The van der Waals surface area contributed by atoms with Gasteiger partial charge in [-0.05, 0) is 26.2 Å². The van der Waals surface area contributed by atoms with E-state index in [4.69, 9.17) is 9.47 Å². The van der Waals surface area contributed by atoms with Gasteiger partial charge in [0.1, 0.15) is 0 Å². The van der Waals surface area contributed by atoms with E-state index in [1.807, 2.05) is 0 Å². The van der Waals surface area contributed by atoms with Crippen LogP contribution in [0.2, 0.25) is 0 Å². The molecule has 0 spiro atoms. The first-order chi connectivity index (χ1) is 8.78. The molecule has 1 atom stereocenters. The maximum atomic E-state index is 11.2. The molecule has 1 aromatic rings. The fraction of sp³-hybridized carbons (Fsp3) is 0.667. The summed E-state index contributed by atoms with van der Waals surface area (Å²) >= 11 is 0. The molecule has 0 saturated carbocycles. The summed E-state index contributed by atoms with van der Waals surface area (Å²) in [7, 11) is 0. The van der Waals surface area contributed by atoms with Gasteiger partial charge in [-0.2, -0.15) is 5.10 Å². The van der Waals surface area contributed by atoms with Crippen molar-refractivity contribution in [3.05, 3.63) is 12.4 Å². The van der Waals surface area contributed by atoms with Gasteiger partial charge in [-0.15, -0.1) is 0 Å². The number of nitrogens with one attached hydrogen (secondary N) is 1. The van der Waals surface area contributed by atoms with E-state index in [0.29, 0.717) is 12.3 Å². The molecule has 2 rings (SSSR count). The van der Waals surface area contributed by atoms with Crippen LogP contribution in [0.3, 0.4) is 0 Å². The number of aromatic nitrogens is 2. The van der Waals surface area contributed by atoms with Gasteiger partial charge in [-0.25, -0.2) is 4.79 Å². The van der Waals surface area contributed by atoms with Gasteiger partial charge in [0, 0.05) is 12.8 Å². The molecule has 100 valence electrons. The molecule has 18 heavy (non-hydrogen) atoms. The second kappa shape index (κ2) is 6.39. The van der Waals surface area contributed by atoms with Crippen LogP contribution in [0.25, 0.3) is 0 Å². The third-order valence-electron chi connectivity index (χ3n) is 2.82. The van der Waals surface area contributed by atoms with Crippen LogP contribution in [-0.4, -0.2) is 35.2 Å². The van der Waals surface area contributed by atoms with Gasteiger partial charge in [0.25, 0.3) is 0 Å². The highest BCUT2D eigenvalue weighted by molar-refractivity contribution is 5.84. The Labute approximate surface area is 106 Å². The molecule has 0 aromatic carbocycles. The second-order valence-electron chi connectivity index (χ2n) is 4.29. The summed E-state index contributed by atoms with van der Waals surface area (Å²) in [4.78, 5) is 11.2. The first-order valence-electron chi connectivity index (χ1n) is 6.35. The lowest BCUT2D eigenvalue weighted by Gasteiger charge is -2.22. The Hall–Kier alpha value is -1.56. The van der Waals surface area contributed by atoms with Crippen molar-refractivity contribution in [1.29, 1.82) is 0 Å². The predicted molar refractivity (Wildman–Crippen MR) is 66.5 cm³/mol. The van der Waals surface area contributed by atoms with Crippen LogP contribution < -0.4 is 5.32 Å². The number of hydrogen-bond acceptors (Lipinski definition) is 4. The molecule has 0 radical (unpaired) electrons. The fourth-order valence-corrected chi connectivity index (χ4v) is 1.97. The molecular weight excluding hydrogens is 234 g/mol. The van der Waals surface area contributed by atoms with Crippen LogP contribution in [0.4, 0.5) is 10.5 Å². The summed E-state index contributed by atoms with van der Waals surface area (Å²) in [5, 5.41) is 6.81. The molecule has 1 N–H and O–H groups in total. The van der Waals surface area contributed by atoms with Crippen molar-refractivity contribution in [3.8, 4) is 0 Å². The fourth-order valence-electron chi connectivity index (χ4n) is 1.97. The maximum absolute atomic E-state index is 11.2. The largest absolute Gasteiger partial charge is 0.450 e. The molecule has 6 nitrogen and oxygen atoms in total. The third-order valence-corrected chi connectivity index (χ3v) is 2.82. The molecule has 1 fully saturated rings. The number of ether oxygens (including phenoxy) is 2. The van der Waals surface area contributed by atoms with E-state index in [1.165, 1.54) is 6.42 Å². The van der Waals surface area contributed by atoms with E-state index >= 15 is 0 Å². The Balaban J connectivity index is 1.83. The number of anilines is 1. The Kier molecular flexibility index (Phi) is 4.58. The molecule has 1 aliphatic heterocycles. The molecule has 2 heterocycles. The van der Waals surface area contributed by atoms with Crippen LogP contribution in [0.1, 0.15) is 26.2 Å². The van der Waals surface area contributed by atoms with Crippen LogP contribution >= 0.6 is 0 Å². The van der Waals surface area contributed by atoms with E-state index < -0.39 is 6.09 Å². The number of nitrogens with zero attached hydrogens (tertiary/aromatic N) is 2. The van der Waals surface area contributed by atoms with E-state index in [9.17, 15) is 4.79 Å². The molecule has 0 unspecified atom stereocenters. The SMILES string of the molecule is CCOC(=O)Nc1cnn(C[C@@H]2CCCCO2)c1. The highest BCUT2D eigenvalue weighted by Gasteiger charge is 2.15. The zero-order valence-electron chi connectivity index (χ0n) is 10.6. The van der Waals surface area contributed by atoms with Crippen molar-refractivity contribution in [3.63, 3.8) is 0 Å². The lowest BCUT2D eigenvalue weighted by atomic mass is 10.1. The number of carbonyl (C=O) groups is 1. The summed E-state index contributed by atoms with van der Waals surface area (Å²) in [6, 6.07) is 0. The van der Waals surface area contributed by atoms with Gasteiger partial charge in [0.15, 0.2) is 0 Å². The third kappa shape index (κ3) is 3.73. The molecule has 0 aliphatic carbocycles. The van der Waals surface area contributed by atoms with Gasteiger partial charge in [-0.1, -0.05) is 0 Å². The highest BCUT2D eigenvalue weighted by atomic mass is 16.5. The normalized spacial score (nSPS) is 19.5. The van der Waals surface area contributed by atoms with E-state index in [2.05, 4.69) is 10.4 Å². The zero-order chi connectivity index (χ0) is 12.8. The molecule has 1 amide bonds. The van der Waals surface area contributed by atoms with Gasteiger partial charge in [0.05, 0.1) is 31.1 Å². The Morgan fingerprint density at radius 2 is 2.56 bits per heavy atom. The number of rotatable bonds is 4. The van der Waals surface area contributed by atoms with Gasteiger partial charge >= 0.3 is 6.09 Å². The van der Waals surface area contributed by atoms with Crippen molar-refractivity contribution in [2.75, 3.05) is 18.5 Å². The zero-order valence-corrected chi connectivity index (χ0v) is 10.6. The van der Waals surface area contributed by atoms with Crippen LogP contribution in [0, 0.1) is 0 Å². The summed E-state index contributed by atoms with van der Waals surface area (Å²) < 4.78 is 12.2. The lowest BCUT2D eigenvalue weighted by molar-refractivity contribution is 0.00401. The molecule has 1 saturated heterocycles. The van der Waals surface area contributed by atoms with Crippen molar-refractivity contribution in [2.45, 2.75) is 38.8 Å². The minimum absolute atomic E-state index is 0.231. The van der Waals surface area contributed by atoms with Crippen LogP contribution in [0.15, 0.2) is 12.4 Å². The first kappa shape index (κ1) is 12.9. The molecule has 6 heteroatoms.